The van der Waals surface area contributed by atoms with Gasteiger partial charge in [-0.3, -0.25) is 0 Å². The quantitative estimate of drug-likeness (QED) is 0.180. The van der Waals surface area contributed by atoms with Gasteiger partial charge in [0, 0.05) is 11.1 Å². The van der Waals surface area contributed by atoms with Gasteiger partial charge in [0.1, 0.15) is 0 Å². The lowest BCUT2D eigenvalue weighted by atomic mass is 9.56. The van der Waals surface area contributed by atoms with Crippen LogP contribution in [0.25, 0.3) is 0 Å². The van der Waals surface area contributed by atoms with Crippen molar-refractivity contribution < 1.29 is 29.3 Å². The van der Waals surface area contributed by atoms with Gasteiger partial charge in [0.05, 0.1) is 0 Å². The average Bonchev–Trinajstić information content (AvgIpc) is 2.99. The molecule has 0 aliphatic heterocycles. The molecule has 2 unspecified atom stereocenters. The highest BCUT2D eigenvalue weighted by Crippen LogP contribution is 2.54. The van der Waals surface area contributed by atoms with Gasteiger partial charge in [0.25, 0.3) is 0 Å². The summed E-state index contributed by atoms with van der Waals surface area (Å²) < 4.78 is 9.89. The summed E-state index contributed by atoms with van der Waals surface area (Å²) >= 11 is 0. The van der Waals surface area contributed by atoms with Crippen molar-refractivity contribution >= 4 is 11.9 Å². The molecule has 218 valence electrons. The molecule has 2 atom stereocenters. The molecule has 0 aromatic heterocycles. The van der Waals surface area contributed by atoms with Crippen molar-refractivity contribution in [1.29, 1.82) is 0 Å². The summed E-state index contributed by atoms with van der Waals surface area (Å²) in [5.41, 5.74) is 0.590. The van der Waals surface area contributed by atoms with Gasteiger partial charge in [-0.15, -0.1) is 0 Å². The first kappa shape index (κ1) is 32.6. The Labute approximate surface area is 231 Å². The molecule has 0 heterocycles. The predicted octanol–water partition coefficient (Wildman–Crippen LogP) is 7.52. The Morgan fingerprint density at radius 1 is 0.632 bits per heavy atom. The van der Waals surface area contributed by atoms with Gasteiger partial charge in [-0.05, 0) is 55.8 Å². The second kappa shape index (κ2) is 18.6. The second-order valence-electron chi connectivity index (χ2n) is 11.8. The summed E-state index contributed by atoms with van der Waals surface area (Å²) in [6.07, 6.45) is 23.4. The molecule has 0 aromatic rings. The number of rotatable bonds is 9. The van der Waals surface area contributed by atoms with E-state index in [0.717, 1.165) is 44.9 Å². The van der Waals surface area contributed by atoms with Crippen LogP contribution in [0.1, 0.15) is 135 Å². The van der Waals surface area contributed by atoms with Crippen molar-refractivity contribution in [3.63, 3.8) is 0 Å². The predicted molar refractivity (Wildman–Crippen MR) is 151 cm³/mol. The van der Waals surface area contributed by atoms with E-state index in [1.807, 2.05) is 0 Å². The molecule has 2 N–H and O–H groups in total. The number of aliphatic hydroxyl groups is 2. The van der Waals surface area contributed by atoms with E-state index in [0.29, 0.717) is 29.9 Å². The third kappa shape index (κ3) is 10.8. The van der Waals surface area contributed by atoms with Crippen molar-refractivity contribution in [2.45, 2.75) is 135 Å². The molecule has 2 aliphatic carbocycles. The van der Waals surface area contributed by atoms with Crippen LogP contribution in [0.15, 0.2) is 24.3 Å². The van der Waals surface area contributed by atoms with Gasteiger partial charge in [0.15, 0.2) is 13.6 Å². The molecule has 0 spiro atoms. The van der Waals surface area contributed by atoms with Crippen LogP contribution in [0, 0.1) is 17.3 Å². The lowest BCUT2D eigenvalue weighted by Gasteiger charge is -2.48. The molecule has 0 saturated heterocycles. The average molecular weight is 535 g/mol. The van der Waals surface area contributed by atoms with E-state index in [1.165, 1.54) is 77.0 Å². The van der Waals surface area contributed by atoms with Gasteiger partial charge < -0.3 is 19.7 Å². The van der Waals surface area contributed by atoms with Crippen LogP contribution in [0.4, 0.5) is 0 Å². The lowest BCUT2D eigenvalue weighted by molar-refractivity contribution is -0.149. The molecular weight excluding hydrogens is 480 g/mol. The zero-order valence-corrected chi connectivity index (χ0v) is 23.9. The first-order valence-corrected chi connectivity index (χ1v) is 15.4. The Bertz CT molecular complexity index is 719. The maximum atomic E-state index is 12.8. The van der Waals surface area contributed by atoms with Gasteiger partial charge in [-0.1, -0.05) is 109 Å². The molecule has 0 aromatic carbocycles. The molecule has 2 rings (SSSR count). The first-order chi connectivity index (χ1) is 18.4. The Morgan fingerprint density at radius 2 is 1.05 bits per heavy atom. The second-order valence-corrected chi connectivity index (χ2v) is 11.8. The van der Waals surface area contributed by atoms with Crippen LogP contribution in [0.2, 0.25) is 0 Å². The zero-order valence-electron chi connectivity index (χ0n) is 23.9. The number of carbonyl (C=O) groups is 2. The van der Waals surface area contributed by atoms with Crippen LogP contribution >= 0.6 is 0 Å². The number of esters is 2. The molecule has 0 amide bonds. The fraction of sp³-hybridized carbons (Fsp3) is 0.812. The summed E-state index contributed by atoms with van der Waals surface area (Å²) in [4.78, 5) is 25.3. The molecule has 6 nitrogen and oxygen atoms in total. The molecule has 2 fully saturated rings. The van der Waals surface area contributed by atoms with Crippen molar-refractivity contribution in [3.05, 3.63) is 24.3 Å². The van der Waals surface area contributed by atoms with E-state index in [1.54, 1.807) is 0 Å². The van der Waals surface area contributed by atoms with Crippen molar-refractivity contribution in [2.24, 2.45) is 17.3 Å². The highest BCUT2D eigenvalue weighted by molar-refractivity contribution is 5.88. The molecule has 6 heteroatoms. The largest absolute Gasteiger partial charge is 0.435 e. The summed E-state index contributed by atoms with van der Waals surface area (Å²) in [7, 11) is 0. The lowest BCUT2D eigenvalue weighted by Crippen LogP contribution is -2.40. The number of ether oxygens (including phenoxy) is 2. The Kier molecular flexibility index (Phi) is 15.9. The van der Waals surface area contributed by atoms with Crippen molar-refractivity contribution in [2.75, 3.05) is 13.6 Å². The molecule has 0 radical (unpaired) electrons. The van der Waals surface area contributed by atoms with Gasteiger partial charge in [-0.2, -0.15) is 0 Å². The minimum absolute atomic E-state index is 0.146. The smallest absolute Gasteiger partial charge is 0.335 e. The first-order valence-electron chi connectivity index (χ1n) is 15.4. The Hall–Kier alpha value is -1.66. The highest BCUT2D eigenvalue weighted by Gasteiger charge is 2.45. The Balaban J connectivity index is 2.52. The normalized spacial score (nSPS) is 25.3. The summed E-state index contributed by atoms with van der Waals surface area (Å²) in [5, 5.41) is 18.4. The standard InChI is InChI=1S/C32H54O6/c1-26(30(35)37-24-33)22-29-20-16-12-8-5-9-13-17-21-32(29,23-27(2)31(36)38-25-34)28-18-14-10-6-3-4-7-11-15-19-28/h28-29,33-34H,1-25H2. The van der Waals surface area contributed by atoms with Crippen LogP contribution in [0.3, 0.4) is 0 Å². The summed E-state index contributed by atoms with van der Waals surface area (Å²) in [6.45, 7) is 6.93. The van der Waals surface area contributed by atoms with Crippen LogP contribution in [-0.4, -0.2) is 35.7 Å². The maximum absolute atomic E-state index is 12.8. The molecule has 0 bridgehead atoms. The van der Waals surface area contributed by atoms with Crippen LogP contribution < -0.4 is 0 Å². The minimum atomic E-state index is -0.653. The third-order valence-corrected chi connectivity index (χ3v) is 9.18. The Morgan fingerprint density at radius 3 is 1.55 bits per heavy atom. The van der Waals surface area contributed by atoms with E-state index < -0.39 is 25.5 Å². The van der Waals surface area contributed by atoms with E-state index >= 15 is 0 Å². The van der Waals surface area contributed by atoms with E-state index in [9.17, 15) is 19.8 Å². The van der Waals surface area contributed by atoms with Crippen molar-refractivity contribution in [3.8, 4) is 0 Å². The van der Waals surface area contributed by atoms with Gasteiger partial charge in [0.2, 0.25) is 0 Å². The van der Waals surface area contributed by atoms with Crippen LogP contribution in [-0.2, 0) is 19.1 Å². The van der Waals surface area contributed by atoms with Crippen LogP contribution in [0.5, 0.6) is 0 Å². The number of hydrogen-bond acceptors (Lipinski definition) is 6. The summed E-state index contributed by atoms with van der Waals surface area (Å²) in [5.74, 6) is -0.522. The number of aliphatic hydroxyl groups excluding tert-OH is 2. The van der Waals surface area contributed by atoms with Gasteiger partial charge >= 0.3 is 11.9 Å². The SMILES string of the molecule is C=C(CC1CCCCCCCCCC1(CC(=C)C(=O)OCO)C1CCCCCCCCCC1)C(=O)OCO. The topological polar surface area (TPSA) is 93.1 Å². The van der Waals surface area contributed by atoms with E-state index in [4.69, 9.17) is 9.47 Å². The van der Waals surface area contributed by atoms with E-state index in [2.05, 4.69) is 13.2 Å². The number of hydrogen-bond donors (Lipinski definition) is 2. The molecule has 38 heavy (non-hydrogen) atoms. The van der Waals surface area contributed by atoms with Crippen molar-refractivity contribution in [1.82, 2.24) is 0 Å². The fourth-order valence-corrected chi connectivity index (χ4v) is 7.17. The number of carbonyl (C=O) groups excluding carboxylic acids is 2. The maximum Gasteiger partial charge on any atom is 0.335 e. The molecule has 2 aliphatic rings. The fourth-order valence-electron chi connectivity index (χ4n) is 7.17. The van der Waals surface area contributed by atoms with E-state index in [-0.39, 0.29) is 11.3 Å². The minimum Gasteiger partial charge on any atom is -0.435 e. The highest BCUT2D eigenvalue weighted by atomic mass is 16.6. The zero-order chi connectivity index (χ0) is 27.6. The monoisotopic (exact) mass is 534 g/mol. The molecular formula is C32H54O6. The third-order valence-electron chi connectivity index (χ3n) is 9.18. The molecule has 2 saturated carbocycles. The van der Waals surface area contributed by atoms with Gasteiger partial charge in [-0.25, -0.2) is 9.59 Å². The summed E-state index contributed by atoms with van der Waals surface area (Å²) in [6, 6.07) is 0.